The van der Waals surface area contributed by atoms with Gasteiger partial charge in [0.05, 0.1) is 13.2 Å². The van der Waals surface area contributed by atoms with E-state index in [0.29, 0.717) is 23.6 Å². The van der Waals surface area contributed by atoms with Crippen molar-refractivity contribution in [3.8, 4) is 11.5 Å². The van der Waals surface area contributed by atoms with Crippen molar-refractivity contribution >= 4 is 5.91 Å². The average molecular weight is 327 g/mol. The maximum absolute atomic E-state index is 12.3. The number of benzene rings is 2. The molecule has 0 spiro atoms. The Bertz CT molecular complexity index is 723. The molecule has 0 saturated carbocycles. The van der Waals surface area contributed by atoms with Gasteiger partial charge in [0.25, 0.3) is 5.91 Å². The van der Waals surface area contributed by atoms with Crippen LogP contribution in [0.2, 0.25) is 0 Å². The number of ether oxygens (including phenoxy) is 2. The predicted octanol–water partition coefficient (Wildman–Crippen LogP) is 4.03. The highest BCUT2D eigenvalue weighted by atomic mass is 16.5. The molecule has 0 heterocycles. The summed E-state index contributed by atoms with van der Waals surface area (Å²) < 4.78 is 11.1. The van der Waals surface area contributed by atoms with Gasteiger partial charge in [-0.2, -0.15) is 0 Å². The van der Waals surface area contributed by atoms with E-state index >= 15 is 0 Å². The van der Waals surface area contributed by atoms with Crippen LogP contribution in [0.15, 0.2) is 36.4 Å². The normalized spacial score (nSPS) is 10.6. The fourth-order valence-electron chi connectivity index (χ4n) is 2.34. The lowest BCUT2D eigenvalue weighted by molar-refractivity contribution is 0.0951. The number of nitrogens with one attached hydrogen (secondary N) is 1. The van der Waals surface area contributed by atoms with Crippen LogP contribution in [0.4, 0.5) is 0 Å². The van der Waals surface area contributed by atoms with Crippen molar-refractivity contribution in [1.82, 2.24) is 5.32 Å². The standard InChI is InChI=1S/C20H25NO3/c1-13(2)24-18-9-7-16(11-19(18)23-5)12-21-20(22)17-8-6-14(3)15(4)10-17/h6-11,13H,12H2,1-5H3,(H,21,22). The quantitative estimate of drug-likeness (QED) is 0.871. The Hall–Kier alpha value is -2.49. The second-order valence-electron chi connectivity index (χ2n) is 6.13. The molecular weight excluding hydrogens is 302 g/mol. The zero-order chi connectivity index (χ0) is 17.7. The van der Waals surface area contributed by atoms with Gasteiger partial charge in [-0.3, -0.25) is 4.79 Å². The Labute approximate surface area is 143 Å². The molecule has 0 aromatic heterocycles. The minimum absolute atomic E-state index is 0.0780. The molecule has 0 radical (unpaired) electrons. The number of rotatable bonds is 6. The Morgan fingerprint density at radius 3 is 2.42 bits per heavy atom. The van der Waals surface area contributed by atoms with Crippen molar-refractivity contribution < 1.29 is 14.3 Å². The van der Waals surface area contributed by atoms with E-state index in [1.54, 1.807) is 7.11 Å². The summed E-state index contributed by atoms with van der Waals surface area (Å²) in [5.41, 5.74) is 3.92. The van der Waals surface area contributed by atoms with E-state index in [4.69, 9.17) is 9.47 Å². The largest absolute Gasteiger partial charge is 0.493 e. The van der Waals surface area contributed by atoms with E-state index in [-0.39, 0.29) is 12.0 Å². The van der Waals surface area contributed by atoms with E-state index in [2.05, 4.69) is 5.32 Å². The van der Waals surface area contributed by atoms with Crippen LogP contribution < -0.4 is 14.8 Å². The molecule has 4 heteroatoms. The SMILES string of the molecule is COc1cc(CNC(=O)c2ccc(C)c(C)c2)ccc1OC(C)C. The van der Waals surface area contributed by atoms with Gasteiger partial charge >= 0.3 is 0 Å². The van der Waals surface area contributed by atoms with Crippen LogP contribution in [-0.2, 0) is 6.54 Å². The lowest BCUT2D eigenvalue weighted by atomic mass is 10.1. The fourth-order valence-corrected chi connectivity index (χ4v) is 2.34. The zero-order valence-corrected chi connectivity index (χ0v) is 15.0. The molecule has 0 aliphatic rings. The third-order valence-electron chi connectivity index (χ3n) is 3.81. The van der Waals surface area contributed by atoms with E-state index in [9.17, 15) is 4.79 Å². The number of methoxy groups -OCH3 is 1. The van der Waals surface area contributed by atoms with Gasteiger partial charge in [0.2, 0.25) is 0 Å². The molecule has 2 aromatic carbocycles. The van der Waals surface area contributed by atoms with Crippen LogP contribution in [-0.4, -0.2) is 19.1 Å². The summed E-state index contributed by atoms with van der Waals surface area (Å²) >= 11 is 0. The summed E-state index contributed by atoms with van der Waals surface area (Å²) in [7, 11) is 1.61. The van der Waals surface area contributed by atoms with Gasteiger partial charge in [-0.25, -0.2) is 0 Å². The van der Waals surface area contributed by atoms with Gasteiger partial charge < -0.3 is 14.8 Å². The maximum atomic E-state index is 12.3. The van der Waals surface area contributed by atoms with Crippen LogP contribution in [0.3, 0.4) is 0 Å². The molecule has 1 amide bonds. The summed E-state index contributed by atoms with van der Waals surface area (Å²) in [6, 6.07) is 11.4. The molecule has 0 unspecified atom stereocenters. The molecule has 2 aromatic rings. The smallest absolute Gasteiger partial charge is 0.251 e. The molecule has 0 saturated heterocycles. The zero-order valence-electron chi connectivity index (χ0n) is 15.0. The first kappa shape index (κ1) is 17.9. The third kappa shape index (κ3) is 4.51. The molecule has 0 aliphatic carbocycles. The number of carbonyl (C=O) groups is 1. The van der Waals surface area contributed by atoms with Crippen molar-refractivity contribution in [2.24, 2.45) is 0 Å². The van der Waals surface area contributed by atoms with Crippen molar-refractivity contribution in [1.29, 1.82) is 0 Å². The number of hydrogen-bond donors (Lipinski definition) is 1. The van der Waals surface area contributed by atoms with Crippen molar-refractivity contribution in [3.05, 3.63) is 58.7 Å². The van der Waals surface area contributed by atoms with Crippen LogP contribution in [0.5, 0.6) is 11.5 Å². The summed E-state index contributed by atoms with van der Waals surface area (Å²) in [5.74, 6) is 1.29. The summed E-state index contributed by atoms with van der Waals surface area (Å²) in [6.07, 6.45) is 0.0780. The molecule has 1 N–H and O–H groups in total. The minimum atomic E-state index is -0.0837. The highest BCUT2D eigenvalue weighted by molar-refractivity contribution is 5.94. The molecule has 0 atom stereocenters. The first-order valence-corrected chi connectivity index (χ1v) is 8.09. The topological polar surface area (TPSA) is 47.6 Å². The average Bonchev–Trinajstić information content (AvgIpc) is 2.55. The summed E-state index contributed by atoms with van der Waals surface area (Å²) in [6.45, 7) is 8.41. The maximum Gasteiger partial charge on any atom is 0.251 e. The van der Waals surface area contributed by atoms with Crippen LogP contribution in [0.25, 0.3) is 0 Å². The van der Waals surface area contributed by atoms with Crippen LogP contribution in [0.1, 0.15) is 40.9 Å². The second-order valence-corrected chi connectivity index (χ2v) is 6.13. The van der Waals surface area contributed by atoms with Crippen molar-refractivity contribution in [2.75, 3.05) is 7.11 Å². The molecular formula is C20H25NO3. The van der Waals surface area contributed by atoms with Gasteiger partial charge in [0, 0.05) is 12.1 Å². The van der Waals surface area contributed by atoms with Gasteiger partial charge in [-0.05, 0) is 68.7 Å². The Balaban J connectivity index is 2.05. The fraction of sp³-hybridized carbons (Fsp3) is 0.350. The first-order valence-electron chi connectivity index (χ1n) is 8.09. The van der Waals surface area contributed by atoms with Gasteiger partial charge in [0.1, 0.15) is 0 Å². The lowest BCUT2D eigenvalue weighted by Crippen LogP contribution is -2.23. The Kier molecular flexibility index (Phi) is 5.85. The summed E-state index contributed by atoms with van der Waals surface area (Å²) in [4.78, 5) is 12.3. The minimum Gasteiger partial charge on any atom is -0.493 e. The van der Waals surface area contributed by atoms with Crippen LogP contribution in [0, 0.1) is 13.8 Å². The molecule has 4 nitrogen and oxygen atoms in total. The van der Waals surface area contributed by atoms with E-state index in [0.717, 1.165) is 11.1 Å². The number of hydrogen-bond acceptors (Lipinski definition) is 3. The summed E-state index contributed by atoms with van der Waals surface area (Å²) in [5, 5.41) is 2.94. The monoisotopic (exact) mass is 327 g/mol. The van der Waals surface area contributed by atoms with Gasteiger partial charge in [0.15, 0.2) is 11.5 Å². The molecule has 0 bridgehead atoms. The Morgan fingerprint density at radius 1 is 1.04 bits per heavy atom. The van der Waals surface area contributed by atoms with Gasteiger partial charge in [-0.1, -0.05) is 12.1 Å². The predicted molar refractivity (Wildman–Crippen MR) is 95.8 cm³/mol. The molecule has 0 fully saturated rings. The van der Waals surface area contributed by atoms with Crippen LogP contribution >= 0.6 is 0 Å². The molecule has 24 heavy (non-hydrogen) atoms. The first-order chi connectivity index (χ1) is 11.4. The Morgan fingerprint density at radius 2 is 1.79 bits per heavy atom. The van der Waals surface area contributed by atoms with Crippen molar-refractivity contribution in [2.45, 2.75) is 40.3 Å². The number of carbonyl (C=O) groups excluding carboxylic acids is 1. The molecule has 0 aliphatic heterocycles. The molecule has 128 valence electrons. The third-order valence-corrected chi connectivity index (χ3v) is 3.81. The van der Waals surface area contributed by atoms with Gasteiger partial charge in [-0.15, -0.1) is 0 Å². The lowest BCUT2D eigenvalue weighted by Gasteiger charge is -2.15. The van der Waals surface area contributed by atoms with E-state index in [1.165, 1.54) is 5.56 Å². The highest BCUT2D eigenvalue weighted by Crippen LogP contribution is 2.29. The van der Waals surface area contributed by atoms with Crippen molar-refractivity contribution in [3.63, 3.8) is 0 Å². The highest BCUT2D eigenvalue weighted by Gasteiger charge is 2.10. The molecule has 2 rings (SSSR count). The van der Waals surface area contributed by atoms with E-state index < -0.39 is 0 Å². The van der Waals surface area contributed by atoms with E-state index in [1.807, 2.05) is 64.1 Å². The second kappa shape index (κ2) is 7.86. The number of aryl methyl sites for hydroxylation is 2. The number of amides is 1.